The molecule has 1 aliphatic heterocycles. The third-order valence-corrected chi connectivity index (χ3v) is 5.01. The van der Waals surface area contributed by atoms with E-state index in [-0.39, 0.29) is 35.5 Å². The van der Waals surface area contributed by atoms with E-state index >= 15 is 0 Å². The van der Waals surface area contributed by atoms with Crippen LogP contribution in [-0.2, 0) is 14.3 Å². The number of anilines is 1. The number of fused-ring (bicyclic) bond motifs is 1. The molecule has 1 saturated heterocycles. The highest BCUT2D eigenvalue weighted by atomic mass is 19.1. The summed E-state index contributed by atoms with van der Waals surface area (Å²) in [6.45, 7) is 3.98. The number of hydrogen-bond donors (Lipinski definition) is 1. The Hall–Kier alpha value is -2.73. The summed E-state index contributed by atoms with van der Waals surface area (Å²) in [6, 6.07) is 0. The fourth-order valence-electron chi connectivity index (χ4n) is 3.52. The molecule has 0 saturated carbocycles. The fourth-order valence-corrected chi connectivity index (χ4v) is 3.52. The number of halogens is 1. The van der Waals surface area contributed by atoms with Crippen LogP contribution in [0.4, 0.5) is 10.2 Å². The Balaban J connectivity index is 1.72. The van der Waals surface area contributed by atoms with Gasteiger partial charge < -0.3 is 15.2 Å². The SMILES string of the molecule is C#C[C@@]1(COC(=O)C(CCC)CCC)[CH]C[C@H](n2cnc3c(N)nc(F)nc32)O1. The monoisotopic (exact) mass is 402 g/mol. The first-order valence-electron chi connectivity index (χ1n) is 9.75. The number of carbonyl (C=O) groups is 1. The number of aromatic nitrogens is 4. The minimum atomic E-state index is -1.17. The first kappa shape index (κ1) is 21.0. The van der Waals surface area contributed by atoms with Gasteiger partial charge in [-0.15, -0.1) is 6.42 Å². The largest absolute Gasteiger partial charge is 0.461 e. The summed E-state index contributed by atoms with van der Waals surface area (Å²) in [5, 5.41) is 0. The molecule has 9 heteroatoms. The number of esters is 1. The van der Waals surface area contributed by atoms with Crippen molar-refractivity contribution in [2.75, 3.05) is 12.3 Å². The van der Waals surface area contributed by atoms with E-state index in [9.17, 15) is 9.18 Å². The van der Waals surface area contributed by atoms with E-state index in [4.69, 9.17) is 21.6 Å². The third kappa shape index (κ3) is 4.32. The highest BCUT2D eigenvalue weighted by molar-refractivity contribution is 5.81. The first-order valence-corrected chi connectivity index (χ1v) is 9.75. The minimum Gasteiger partial charge on any atom is -0.461 e. The van der Waals surface area contributed by atoms with Gasteiger partial charge in [0.1, 0.15) is 12.8 Å². The summed E-state index contributed by atoms with van der Waals surface area (Å²) in [4.78, 5) is 23.8. The fraction of sp³-hybridized carbons (Fsp3) is 0.550. The number of ether oxygens (including phenoxy) is 2. The van der Waals surface area contributed by atoms with E-state index < -0.39 is 17.9 Å². The van der Waals surface area contributed by atoms with Crippen LogP contribution in [0.3, 0.4) is 0 Å². The number of hydrogen-bond acceptors (Lipinski definition) is 7. The van der Waals surface area contributed by atoms with Gasteiger partial charge in [0.2, 0.25) is 0 Å². The van der Waals surface area contributed by atoms with Crippen molar-refractivity contribution in [3.63, 3.8) is 0 Å². The first-order chi connectivity index (χ1) is 13.9. The molecule has 8 nitrogen and oxygen atoms in total. The Labute approximate surface area is 169 Å². The molecule has 1 aliphatic rings. The molecule has 0 spiro atoms. The van der Waals surface area contributed by atoms with Crippen LogP contribution in [0, 0.1) is 30.8 Å². The average molecular weight is 402 g/mol. The highest BCUT2D eigenvalue weighted by Crippen LogP contribution is 2.37. The molecule has 2 N–H and O–H groups in total. The van der Waals surface area contributed by atoms with Crippen LogP contribution in [0.15, 0.2) is 6.33 Å². The highest BCUT2D eigenvalue weighted by Gasteiger charge is 2.42. The zero-order valence-corrected chi connectivity index (χ0v) is 16.6. The summed E-state index contributed by atoms with van der Waals surface area (Å²) < 4.78 is 26.7. The lowest BCUT2D eigenvalue weighted by Gasteiger charge is -2.25. The minimum absolute atomic E-state index is 0.0525. The van der Waals surface area contributed by atoms with Crippen molar-refractivity contribution in [1.29, 1.82) is 0 Å². The molecule has 3 heterocycles. The van der Waals surface area contributed by atoms with Gasteiger partial charge in [-0.1, -0.05) is 32.6 Å². The van der Waals surface area contributed by atoms with Crippen LogP contribution in [0.1, 0.15) is 52.2 Å². The van der Waals surface area contributed by atoms with Crippen LogP contribution in [0.25, 0.3) is 11.2 Å². The van der Waals surface area contributed by atoms with Gasteiger partial charge in [-0.05, 0) is 19.3 Å². The van der Waals surface area contributed by atoms with E-state index in [0.29, 0.717) is 6.42 Å². The van der Waals surface area contributed by atoms with Gasteiger partial charge in [0.05, 0.1) is 12.2 Å². The van der Waals surface area contributed by atoms with E-state index in [0.717, 1.165) is 25.7 Å². The molecular formula is C20H25FN5O3. The molecule has 2 atom stereocenters. The van der Waals surface area contributed by atoms with Crippen LogP contribution >= 0.6 is 0 Å². The van der Waals surface area contributed by atoms with Crippen molar-refractivity contribution >= 4 is 23.0 Å². The van der Waals surface area contributed by atoms with Crippen molar-refractivity contribution in [1.82, 2.24) is 19.5 Å². The smallest absolute Gasteiger partial charge is 0.312 e. The maximum absolute atomic E-state index is 13.6. The summed E-state index contributed by atoms with van der Waals surface area (Å²) in [7, 11) is 0. The molecule has 1 fully saturated rings. The molecule has 0 amide bonds. The summed E-state index contributed by atoms with van der Waals surface area (Å²) >= 11 is 0. The van der Waals surface area contributed by atoms with Crippen molar-refractivity contribution in [2.24, 2.45) is 5.92 Å². The quantitative estimate of drug-likeness (QED) is 0.411. The molecule has 0 aliphatic carbocycles. The molecule has 3 rings (SSSR count). The lowest BCUT2D eigenvalue weighted by molar-refractivity contribution is -0.156. The van der Waals surface area contributed by atoms with Crippen molar-refractivity contribution < 1.29 is 18.7 Å². The molecule has 29 heavy (non-hydrogen) atoms. The molecule has 0 bridgehead atoms. The zero-order chi connectivity index (χ0) is 21.0. The number of nitrogens with zero attached hydrogens (tertiary/aromatic N) is 4. The molecule has 0 aromatic carbocycles. The van der Waals surface area contributed by atoms with Gasteiger partial charge in [-0.2, -0.15) is 14.4 Å². The third-order valence-electron chi connectivity index (χ3n) is 5.01. The second-order valence-electron chi connectivity index (χ2n) is 7.13. The second kappa shape index (κ2) is 8.74. The topological polar surface area (TPSA) is 105 Å². The molecule has 155 valence electrons. The predicted octanol–water partition coefficient (Wildman–Crippen LogP) is 2.80. The number of nitrogens with two attached hydrogens (primary N) is 1. The van der Waals surface area contributed by atoms with Crippen LogP contribution in [0.5, 0.6) is 0 Å². The van der Waals surface area contributed by atoms with Gasteiger partial charge in [0.15, 0.2) is 22.6 Å². The number of imidazole rings is 1. The number of terminal acetylenes is 1. The number of carbonyl (C=O) groups excluding carboxylic acids is 1. The Morgan fingerprint density at radius 1 is 1.48 bits per heavy atom. The number of nitrogen functional groups attached to an aromatic ring is 1. The van der Waals surface area contributed by atoms with E-state index in [1.54, 1.807) is 11.0 Å². The van der Waals surface area contributed by atoms with Crippen LogP contribution in [-0.4, -0.2) is 37.7 Å². The van der Waals surface area contributed by atoms with Crippen molar-refractivity contribution in [3.8, 4) is 12.3 Å². The van der Waals surface area contributed by atoms with E-state index in [2.05, 4.69) is 20.9 Å². The van der Waals surface area contributed by atoms with Crippen LogP contribution in [0.2, 0.25) is 0 Å². The van der Waals surface area contributed by atoms with Crippen molar-refractivity contribution in [2.45, 2.75) is 57.8 Å². The maximum atomic E-state index is 13.6. The summed E-state index contributed by atoms with van der Waals surface area (Å²) in [5.74, 6) is 2.12. The molecule has 2 aromatic rings. The second-order valence-corrected chi connectivity index (χ2v) is 7.13. The summed E-state index contributed by atoms with van der Waals surface area (Å²) in [6.07, 6.45) is 11.2. The Kier molecular flexibility index (Phi) is 6.33. The van der Waals surface area contributed by atoms with Gasteiger partial charge in [-0.25, -0.2) is 4.98 Å². The molecule has 1 radical (unpaired) electrons. The zero-order valence-electron chi connectivity index (χ0n) is 16.6. The van der Waals surface area contributed by atoms with Gasteiger partial charge in [-0.3, -0.25) is 9.36 Å². The Morgan fingerprint density at radius 3 is 2.86 bits per heavy atom. The van der Waals surface area contributed by atoms with Gasteiger partial charge in [0.25, 0.3) is 0 Å². The Bertz CT molecular complexity index is 919. The van der Waals surface area contributed by atoms with Gasteiger partial charge in [0, 0.05) is 6.42 Å². The molecular weight excluding hydrogens is 377 g/mol. The molecule has 0 unspecified atom stereocenters. The lowest BCUT2D eigenvalue weighted by atomic mass is 9.98. The summed E-state index contributed by atoms with van der Waals surface area (Å²) in [5.41, 5.74) is 5.02. The van der Waals surface area contributed by atoms with Crippen molar-refractivity contribution in [3.05, 3.63) is 18.8 Å². The Morgan fingerprint density at radius 2 is 2.21 bits per heavy atom. The maximum Gasteiger partial charge on any atom is 0.312 e. The molecule has 2 aromatic heterocycles. The average Bonchev–Trinajstić information content (AvgIpc) is 3.31. The normalized spacial score (nSPS) is 21.6. The van der Waals surface area contributed by atoms with E-state index in [1.165, 1.54) is 6.33 Å². The van der Waals surface area contributed by atoms with Crippen LogP contribution < -0.4 is 5.73 Å². The van der Waals surface area contributed by atoms with Gasteiger partial charge >= 0.3 is 12.0 Å². The predicted molar refractivity (Wildman–Crippen MR) is 105 cm³/mol. The lowest BCUT2D eigenvalue weighted by Crippen LogP contribution is -2.35. The standard InChI is InChI=1S/C20H25FN5O3/c1-4-7-13(8-5-2)18(27)28-11-20(6-3)10-9-14(29-20)26-12-23-15-16(22)24-19(21)25-17(15)26/h3,10,12-14H,4-5,7-9,11H2,1-2H3,(H2,22,24,25)/t14-,20+/m1/s1. The van der Waals surface area contributed by atoms with E-state index in [1.807, 2.05) is 13.8 Å². The number of rotatable bonds is 8.